The highest BCUT2D eigenvalue weighted by Gasteiger charge is 2.37. The highest BCUT2D eigenvalue weighted by atomic mass is 32.1. The average Bonchev–Trinajstić information content (AvgIpc) is 2.98. The number of halogens is 3. The molecule has 0 aliphatic rings. The van der Waals surface area contributed by atoms with E-state index in [1.165, 1.54) is 6.21 Å². The molecular formula is C13H10F3N5S. The van der Waals surface area contributed by atoms with Gasteiger partial charge in [0.15, 0.2) is 0 Å². The van der Waals surface area contributed by atoms with Gasteiger partial charge >= 0.3 is 6.18 Å². The number of nitrogens with zero attached hydrogens (tertiary/aromatic N) is 4. The molecule has 0 radical (unpaired) electrons. The number of H-pyrrole nitrogens is 1. The van der Waals surface area contributed by atoms with Gasteiger partial charge in [0, 0.05) is 29.7 Å². The molecule has 22 heavy (non-hydrogen) atoms. The van der Waals surface area contributed by atoms with E-state index in [0.29, 0.717) is 10.2 Å². The number of rotatable bonds is 2. The first-order valence-electron chi connectivity index (χ1n) is 6.21. The number of fused-ring (bicyclic) bond motifs is 1. The fourth-order valence-electron chi connectivity index (χ4n) is 2.18. The number of alkyl halides is 3. The first-order chi connectivity index (χ1) is 10.4. The maximum Gasteiger partial charge on any atom is 0.453 e. The van der Waals surface area contributed by atoms with Crippen LogP contribution in [0.3, 0.4) is 0 Å². The molecule has 0 atom stereocenters. The second kappa shape index (κ2) is 5.09. The predicted molar refractivity (Wildman–Crippen MR) is 78.3 cm³/mol. The molecule has 0 spiro atoms. The Balaban J connectivity index is 2.08. The first-order valence-corrected chi connectivity index (χ1v) is 6.62. The minimum absolute atomic E-state index is 0.219. The molecule has 0 aliphatic heterocycles. The minimum atomic E-state index is -4.64. The Morgan fingerprint density at radius 2 is 2.05 bits per heavy atom. The van der Waals surface area contributed by atoms with Gasteiger partial charge in [-0.3, -0.25) is 0 Å². The zero-order valence-electron chi connectivity index (χ0n) is 11.3. The molecule has 0 bridgehead atoms. The van der Waals surface area contributed by atoms with Gasteiger partial charge in [0.25, 0.3) is 5.82 Å². The van der Waals surface area contributed by atoms with E-state index in [2.05, 4.69) is 15.3 Å². The number of para-hydroxylation sites is 1. The van der Waals surface area contributed by atoms with E-state index in [-0.39, 0.29) is 4.77 Å². The molecule has 1 aromatic carbocycles. The Labute approximate surface area is 127 Å². The zero-order valence-corrected chi connectivity index (χ0v) is 12.1. The van der Waals surface area contributed by atoms with Gasteiger partial charge in [-0.1, -0.05) is 18.2 Å². The van der Waals surface area contributed by atoms with Crippen LogP contribution in [0.5, 0.6) is 0 Å². The lowest BCUT2D eigenvalue weighted by Gasteiger charge is -2.03. The monoisotopic (exact) mass is 325 g/mol. The third kappa shape index (κ3) is 2.43. The molecule has 114 valence electrons. The Morgan fingerprint density at radius 1 is 1.32 bits per heavy atom. The third-order valence-corrected chi connectivity index (χ3v) is 3.41. The summed E-state index contributed by atoms with van der Waals surface area (Å²) in [6.45, 7) is 0. The van der Waals surface area contributed by atoms with Crippen LogP contribution in [0.2, 0.25) is 0 Å². The van der Waals surface area contributed by atoms with Crippen molar-refractivity contribution in [2.24, 2.45) is 12.1 Å². The van der Waals surface area contributed by atoms with Crippen LogP contribution in [0.25, 0.3) is 10.9 Å². The fraction of sp³-hybridized carbons (Fsp3) is 0.154. The summed E-state index contributed by atoms with van der Waals surface area (Å²) >= 11 is 4.78. The van der Waals surface area contributed by atoms with Gasteiger partial charge in [0.05, 0.1) is 6.21 Å². The van der Waals surface area contributed by atoms with Gasteiger partial charge in [-0.15, -0.1) is 5.10 Å². The Bertz CT molecular complexity index is 916. The second-order valence-corrected chi connectivity index (χ2v) is 5.01. The summed E-state index contributed by atoms with van der Waals surface area (Å²) in [6, 6.07) is 7.52. The average molecular weight is 325 g/mol. The minimum Gasteiger partial charge on any atom is -0.350 e. The van der Waals surface area contributed by atoms with Crippen LogP contribution in [-0.2, 0) is 13.2 Å². The molecule has 0 aliphatic carbocycles. The Hall–Kier alpha value is -2.42. The van der Waals surface area contributed by atoms with Gasteiger partial charge in [0.1, 0.15) is 0 Å². The molecule has 5 nitrogen and oxygen atoms in total. The van der Waals surface area contributed by atoms with Crippen molar-refractivity contribution in [2.45, 2.75) is 6.18 Å². The van der Waals surface area contributed by atoms with Crippen molar-refractivity contribution in [1.82, 2.24) is 19.4 Å². The molecule has 3 aromatic rings. The van der Waals surface area contributed by atoms with Crippen LogP contribution >= 0.6 is 12.2 Å². The number of benzene rings is 1. The maximum absolute atomic E-state index is 12.8. The van der Waals surface area contributed by atoms with Crippen molar-refractivity contribution in [1.29, 1.82) is 0 Å². The summed E-state index contributed by atoms with van der Waals surface area (Å²) in [6.07, 6.45) is -1.52. The van der Waals surface area contributed by atoms with E-state index < -0.39 is 12.0 Å². The fourth-order valence-corrected chi connectivity index (χ4v) is 2.36. The van der Waals surface area contributed by atoms with Crippen LogP contribution in [0.4, 0.5) is 13.2 Å². The molecule has 3 rings (SSSR count). The predicted octanol–water partition coefficient (Wildman–Crippen LogP) is 3.33. The highest BCUT2D eigenvalue weighted by Crippen LogP contribution is 2.27. The quantitative estimate of drug-likeness (QED) is 0.580. The smallest absolute Gasteiger partial charge is 0.350 e. The first kappa shape index (κ1) is 14.5. The standard InChI is InChI=1S/C13H10F3N5S/c1-20-7-8(9-4-2-3-5-10(9)20)6-17-21-11(13(14,15)16)18-19-12(21)22/h2-7H,1H3,(H,19,22)/b17-6-. The summed E-state index contributed by atoms with van der Waals surface area (Å²) in [4.78, 5) is 0. The molecule has 0 fully saturated rings. The molecule has 0 saturated carbocycles. The number of hydrogen-bond acceptors (Lipinski definition) is 3. The van der Waals surface area contributed by atoms with Crippen LogP contribution < -0.4 is 0 Å². The maximum atomic E-state index is 12.8. The van der Waals surface area contributed by atoms with Crippen LogP contribution in [-0.4, -0.2) is 25.7 Å². The Morgan fingerprint density at radius 3 is 2.77 bits per heavy atom. The zero-order chi connectivity index (χ0) is 15.9. The van der Waals surface area contributed by atoms with Gasteiger partial charge in [-0.05, 0) is 18.3 Å². The number of aryl methyl sites for hydroxylation is 1. The lowest BCUT2D eigenvalue weighted by molar-refractivity contribution is -0.147. The number of aromatic nitrogens is 4. The van der Waals surface area contributed by atoms with E-state index in [1.54, 1.807) is 6.20 Å². The van der Waals surface area contributed by atoms with Crippen molar-refractivity contribution in [3.05, 3.63) is 46.6 Å². The van der Waals surface area contributed by atoms with E-state index in [4.69, 9.17) is 12.2 Å². The summed E-state index contributed by atoms with van der Waals surface area (Å²) in [5.74, 6) is -1.19. The van der Waals surface area contributed by atoms with Gasteiger partial charge in [-0.25, -0.2) is 5.10 Å². The normalized spacial score (nSPS) is 12.5. The number of hydrogen-bond donors (Lipinski definition) is 1. The van der Waals surface area contributed by atoms with Crippen LogP contribution in [0.1, 0.15) is 11.4 Å². The topological polar surface area (TPSA) is 50.9 Å². The SMILES string of the molecule is Cn1cc(/C=N\n2c(C(F)(F)F)n[nH]c2=S)c2ccccc21. The Kier molecular flexibility index (Phi) is 3.36. The number of aromatic amines is 1. The lowest BCUT2D eigenvalue weighted by Crippen LogP contribution is -2.12. The largest absolute Gasteiger partial charge is 0.453 e. The van der Waals surface area contributed by atoms with Gasteiger partial charge < -0.3 is 4.57 Å². The molecule has 9 heteroatoms. The summed E-state index contributed by atoms with van der Waals surface area (Å²) in [5.41, 5.74) is 1.64. The van der Waals surface area contributed by atoms with Crippen LogP contribution in [0, 0.1) is 4.77 Å². The molecule has 2 aromatic heterocycles. The van der Waals surface area contributed by atoms with E-state index >= 15 is 0 Å². The molecule has 0 unspecified atom stereocenters. The van der Waals surface area contributed by atoms with Gasteiger partial charge in [0.2, 0.25) is 4.77 Å². The van der Waals surface area contributed by atoms with Crippen molar-refractivity contribution < 1.29 is 13.2 Å². The molecule has 0 saturated heterocycles. The lowest BCUT2D eigenvalue weighted by atomic mass is 10.2. The van der Waals surface area contributed by atoms with Crippen molar-refractivity contribution in [2.75, 3.05) is 0 Å². The summed E-state index contributed by atoms with van der Waals surface area (Å²) in [5, 5.41) is 9.98. The molecule has 0 amide bonds. The molecular weight excluding hydrogens is 315 g/mol. The van der Waals surface area contributed by atoms with E-state index in [1.807, 2.05) is 35.9 Å². The summed E-state index contributed by atoms with van der Waals surface area (Å²) in [7, 11) is 1.85. The van der Waals surface area contributed by atoms with Gasteiger partial charge in [-0.2, -0.15) is 22.9 Å². The van der Waals surface area contributed by atoms with Crippen molar-refractivity contribution >= 4 is 29.3 Å². The van der Waals surface area contributed by atoms with E-state index in [9.17, 15) is 13.2 Å². The second-order valence-electron chi connectivity index (χ2n) is 4.62. The van der Waals surface area contributed by atoms with Crippen molar-refractivity contribution in [3.63, 3.8) is 0 Å². The summed E-state index contributed by atoms with van der Waals surface area (Å²) < 4.78 is 40.7. The van der Waals surface area contributed by atoms with Crippen molar-refractivity contribution in [3.8, 4) is 0 Å². The van der Waals surface area contributed by atoms with Crippen LogP contribution in [0.15, 0.2) is 35.6 Å². The highest BCUT2D eigenvalue weighted by molar-refractivity contribution is 7.71. The van der Waals surface area contributed by atoms with E-state index in [0.717, 1.165) is 10.9 Å². The number of nitrogens with one attached hydrogen (secondary N) is 1. The third-order valence-electron chi connectivity index (χ3n) is 3.14. The molecule has 1 N–H and O–H groups in total. The molecule has 2 heterocycles.